The number of piperidine rings is 1. The second-order valence-electron chi connectivity index (χ2n) is 5.25. The van der Waals surface area contributed by atoms with Crippen LogP contribution in [0.5, 0.6) is 0 Å². The zero-order valence-corrected chi connectivity index (χ0v) is 10.7. The summed E-state index contributed by atoms with van der Waals surface area (Å²) >= 11 is 0. The van der Waals surface area contributed by atoms with Crippen molar-refractivity contribution in [2.24, 2.45) is 11.8 Å². The van der Waals surface area contributed by atoms with E-state index in [1.165, 1.54) is 25.9 Å². The quantitative estimate of drug-likeness (QED) is 0.629. The highest BCUT2D eigenvalue weighted by molar-refractivity contribution is 5.02. The van der Waals surface area contributed by atoms with Crippen LogP contribution in [0, 0.1) is 23.7 Å². The molecule has 1 nitrogen and oxygen atoms in total. The largest absolute Gasteiger partial charge is 0.301 e. The predicted molar refractivity (Wildman–Crippen MR) is 66.7 cm³/mol. The number of hydrogen-bond acceptors (Lipinski definition) is 1. The van der Waals surface area contributed by atoms with Crippen molar-refractivity contribution in [2.45, 2.75) is 53.0 Å². The van der Waals surface area contributed by atoms with Crippen molar-refractivity contribution >= 4 is 0 Å². The molecule has 1 saturated heterocycles. The van der Waals surface area contributed by atoms with Crippen LogP contribution in [0.15, 0.2) is 0 Å². The summed E-state index contributed by atoms with van der Waals surface area (Å²) in [6.45, 7) is 11.4. The maximum Gasteiger partial charge on any atom is 0.0146 e. The molecule has 0 aromatic rings. The average molecular weight is 207 g/mol. The third-order valence-corrected chi connectivity index (χ3v) is 3.16. The van der Waals surface area contributed by atoms with E-state index in [0.29, 0.717) is 12.0 Å². The van der Waals surface area contributed by atoms with Crippen molar-refractivity contribution in [3.05, 3.63) is 0 Å². The van der Waals surface area contributed by atoms with Gasteiger partial charge in [0.25, 0.3) is 0 Å². The third kappa shape index (κ3) is 4.71. The van der Waals surface area contributed by atoms with E-state index in [0.717, 1.165) is 12.3 Å². The molecular weight excluding hydrogens is 182 g/mol. The molecule has 0 N–H and O–H groups in total. The lowest BCUT2D eigenvalue weighted by Crippen LogP contribution is -2.38. The van der Waals surface area contributed by atoms with Crippen LogP contribution in [0.1, 0.15) is 47.0 Å². The van der Waals surface area contributed by atoms with Gasteiger partial charge in [-0.15, -0.1) is 11.8 Å². The molecule has 15 heavy (non-hydrogen) atoms. The number of nitrogens with zero attached hydrogens (tertiary/aromatic N) is 1. The molecule has 1 heteroatoms. The normalized spacial score (nSPS) is 19.3. The maximum atomic E-state index is 3.33. The average Bonchev–Trinajstić information content (AvgIpc) is 2.18. The van der Waals surface area contributed by atoms with Gasteiger partial charge in [0.1, 0.15) is 0 Å². The van der Waals surface area contributed by atoms with Gasteiger partial charge in [0.05, 0.1) is 0 Å². The second-order valence-corrected chi connectivity index (χ2v) is 5.25. The van der Waals surface area contributed by atoms with E-state index in [9.17, 15) is 0 Å². The third-order valence-electron chi connectivity index (χ3n) is 3.16. The van der Waals surface area contributed by atoms with Crippen LogP contribution in [-0.2, 0) is 0 Å². The number of rotatable bonds is 2. The van der Waals surface area contributed by atoms with E-state index in [2.05, 4.69) is 44.4 Å². The first-order valence-electron chi connectivity index (χ1n) is 6.32. The molecule has 86 valence electrons. The first-order valence-corrected chi connectivity index (χ1v) is 6.32. The van der Waals surface area contributed by atoms with Crippen LogP contribution in [0.2, 0.25) is 0 Å². The Balaban J connectivity index is 2.24. The Kier molecular flexibility index (Phi) is 5.19. The van der Waals surface area contributed by atoms with E-state index in [4.69, 9.17) is 0 Å². The fourth-order valence-corrected chi connectivity index (χ4v) is 2.08. The molecule has 1 rings (SSSR count). The molecule has 1 heterocycles. The summed E-state index contributed by atoms with van der Waals surface area (Å²) < 4.78 is 0. The van der Waals surface area contributed by atoms with Gasteiger partial charge < -0.3 is 4.90 Å². The molecule has 0 spiro atoms. The lowest BCUT2D eigenvalue weighted by molar-refractivity contribution is 0.151. The Labute approximate surface area is 95.2 Å². The lowest BCUT2D eigenvalue weighted by Gasteiger charge is -2.33. The topological polar surface area (TPSA) is 3.24 Å². The summed E-state index contributed by atoms with van der Waals surface area (Å²) in [5.74, 6) is 7.97. The van der Waals surface area contributed by atoms with Crippen LogP contribution in [0.25, 0.3) is 0 Å². The highest BCUT2D eigenvalue weighted by Crippen LogP contribution is 2.21. The SMILES string of the molecule is CC(C)C#CCC1CCN(C(C)C)CC1. The van der Waals surface area contributed by atoms with E-state index in [-0.39, 0.29) is 0 Å². The molecule has 0 saturated carbocycles. The molecule has 1 aliphatic rings. The minimum Gasteiger partial charge on any atom is -0.301 e. The summed E-state index contributed by atoms with van der Waals surface area (Å²) in [4.78, 5) is 2.58. The standard InChI is InChI=1S/C14H25N/c1-12(2)6-5-7-14-8-10-15(11-9-14)13(3)4/h12-14H,7-11H2,1-4H3. The van der Waals surface area contributed by atoms with Crippen molar-refractivity contribution in [1.82, 2.24) is 4.90 Å². The summed E-state index contributed by atoms with van der Waals surface area (Å²) in [7, 11) is 0. The van der Waals surface area contributed by atoms with Crippen LogP contribution < -0.4 is 0 Å². The lowest BCUT2D eigenvalue weighted by atomic mass is 9.93. The summed E-state index contributed by atoms with van der Waals surface area (Å²) in [5, 5.41) is 0. The molecule has 0 aliphatic carbocycles. The molecule has 1 fully saturated rings. The minimum absolute atomic E-state index is 0.528. The maximum absolute atomic E-state index is 3.33. The number of likely N-dealkylation sites (tertiary alicyclic amines) is 1. The fraction of sp³-hybridized carbons (Fsp3) is 0.857. The molecular formula is C14H25N. The first-order chi connectivity index (χ1) is 7.09. The molecule has 0 atom stereocenters. The Bertz CT molecular complexity index is 223. The predicted octanol–water partition coefficient (Wildman–Crippen LogP) is 3.16. The summed E-state index contributed by atoms with van der Waals surface area (Å²) in [5.41, 5.74) is 0. The van der Waals surface area contributed by atoms with Crippen LogP contribution in [0.3, 0.4) is 0 Å². The first kappa shape index (κ1) is 12.6. The van der Waals surface area contributed by atoms with Gasteiger partial charge in [-0.05, 0) is 45.7 Å². The molecule has 0 aromatic carbocycles. The van der Waals surface area contributed by atoms with Gasteiger partial charge in [-0.3, -0.25) is 0 Å². The highest BCUT2D eigenvalue weighted by Gasteiger charge is 2.19. The van der Waals surface area contributed by atoms with Crippen molar-refractivity contribution in [1.29, 1.82) is 0 Å². The van der Waals surface area contributed by atoms with E-state index < -0.39 is 0 Å². The molecule has 0 radical (unpaired) electrons. The van der Waals surface area contributed by atoms with Crippen LogP contribution >= 0.6 is 0 Å². The van der Waals surface area contributed by atoms with Gasteiger partial charge in [-0.1, -0.05) is 13.8 Å². The zero-order valence-electron chi connectivity index (χ0n) is 10.7. The Hall–Kier alpha value is -0.480. The van der Waals surface area contributed by atoms with E-state index >= 15 is 0 Å². The Morgan fingerprint density at radius 3 is 2.20 bits per heavy atom. The van der Waals surface area contributed by atoms with Gasteiger partial charge in [-0.2, -0.15) is 0 Å². The van der Waals surface area contributed by atoms with E-state index in [1.54, 1.807) is 0 Å². The van der Waals surface area contributed by atoms with E-state index in [1.807, 2.05) is 0 Å². The number of hydrogen-bond donors (Lipinski definition) is 0. The van der Waals surface area contributed by atoms with Gasteiger partial charge in [0.15, 0.2) is 0 Å². The van der Waals surface area contributed by atoms with Gasteiger partial charge >= 0.3 is 0 Å². The van der Waals surface area contributed by atoms with Crippen molar-refractivity contribution in [3.8, 4) is 11.8 Å². The summed E-state index contributed by atoms with van der Waals surface area (Å²) in [6, 6.07) is 0.715. The fourth-order valence-electron chi connectivity index (χ4n) is 2.08. The van der Waals surface area contributed by atoms with Gasteiger partial charge in [0.2, 0.25) is 0 Å². The molecule has 0 unspecified atom stereocenters. The van der Waals surface area contributed by atoms with Crippen molar-refractivity contribution in [3.63, 3.8) is 0 Å². The minimum atomic E-state index is 0.528. The van der Waals surface area contributed by atoms with Gasteiger partial charge in [-0.25, -0.2) is 0 Å². The van der Waals surface area contributed by atoms with Crippen LogP contribution in [-0.4, -0.2) is 24.0 Å². The molecule has 0 aromatic heterocycles. The monoisotopic (exact) mass is 207 g/mol. The van der Waals surface area contributed by atoms with Gasteiger partial charge in [0, 0.05) is 18.4 Å². The van der Waals surface area contributed by atoms with Crippen molar-refractivity contribution in [2.75, 3.05) is 13.1 Å². The van der Waals surface area contributed by atoms with Crippen LogP contribution in [0.4, 0.5) is 0 Å². The smallest absolute Gasteiger partial charge is 0.0146 e. The molecule has 0 bridgehead atoms. The Morgan fingerprint density at radius 2 is 1.73 bits per heavy atom. The second kappa shape index (κ2) is 6.18. The van der Waals surface area contributed by atoms with Crippen molar-refractivity contribution < 1.29 is 0 Å². The highest BCUT2D eigenvalue weighted by atomic mass is 15.1. The Morgan fingerprint density at radius 1 is 1.13 bits per heavy atom. The molecule has 0 amide bonds. The zero-order chi connectivity index (χ0) is 11.3. The summed E-state index contributed by atoms with van der Waals surface area (Å²) in [6.07, 6.45) is 3.79. The molecule has 1 aliphatic heterocycles.